The molecular weight excluding hydrogens is 330 g/mol. The number of hydrogen-bond acceptors (Lipinski definition) is 4. The fraction of sp³-hybridized carbons (Fsp3) is 0.250. The third kappa shape index (κ3) is 2.94. The van der Waals surface area contributed by atoms with E-state index in [1.54, 1.807) is 24.3 Å². The monoisotopic (exact) mass is 349 g/mol. The highest BCUT2D eigenvalue weighted by Crippen LogP contribution is 2.27. The summed E-state index contributed by atoms with van der Waals surface area (Å²) in [7, 11) is 1.34. The van der Waals surface area contributed by atoms with Crippen molar-refractivity contribution in [2.75, 3.05) is 12.4 Å². The predicted molar refractivity (Wildman–Crippen MR) is 97.1 cm³/mol. The molecule has 0 spiro atoms. The van der Waals surface area contributed by atoms with E-state index in [1.165, 1.54) is 7.11 Å². The Morgan fingerprint density at radius 2 is 2.12 bits per heavy atom. The van der Waals surface area contributed by atoms with Crippen molar-refractivity contribution in [2.45, 2.75) is 19.3 Å². The molecule has 6 nitrogen and oxygen atoms in total. The van der Waals surface area contributed by atoms with Crippen molar-refractivity contribution in [1.82, 2.24) is 9.38 Å². The van der Waals surface area contributed by atoms with Gasteiger partial charge in [0.15, 0.2) is 0 Å². The summed E-state index contributed by atoms with van der Waals surface area (Å²) in [5, 5.41) is 2.93. The molecule has 0 fully saturated rings. The van der Waals surface area contributed by atoms with Crippen molar-refractivity contribution in [1.29, 1.82) is 0 Å². The van der Waals surface area contributed by atoms with Gasteiger partial charge in [-0.3, -0.25) is 4.79 Å². The number of hydrogen-bond donors (Lipinski definition) is 1. The maximum absolute atomic E-state index is 12.7. The van der Waals surface area contributed by atoms with Gasteiger partial charge in [-0.05, 0) is 43.2 Å². The van der Waals surface area contributed by atoms with Crippen LogP contribution < -0.4 is 5.32 Å². The Bertz CT molecular complexity index is 993. The number of aryl methyl sites for hydroxylation is 1. The minimum atomic E-state index is -0.422. The van der Waals surface area contributed by atoms with E-state index < -0.39 is 5.97 Å². The SMILES string of the molecule is COC(=O)c1cccc(NC(=O)C2CCc3nc4ccccn4c3C2)c1. The van der Waals surface area contributed by atoms with Crippen LogP contribution in [0, 0.1) is 5.92 Å². The first-order valence-corrected chi connectivity index (χ1v) is 8.60. The molecule has 4 rings (SSSR count). The molecule has 0 bridgehead atoms. The highest BCUT2D eigenvalue weighted by molar-refractivity contribution is 5.95. The van der Waals surface area contributed by atoms with E-state index in [0.717, 1.165) is 29.9 Å². The number of rotatable bonds is 3. The minimum absolute atomic E-state index is 0.0384. The molecule has 1 N–H and O–H groups in total. The second-order valence-electron chi connectivity index (χ2n) is 6.44. The molecule has 0 saturated heterocycles. The molecule has 0 radical (unpaired) electrons. The van der Waals surface area contributed by atoms with Gasteiger partial charge in [-0.1, -0.05) is 12.1 Å². The van der Waals surface area contributed by atoms with E-state index in [1.807, 2.05) is 24.4 Å². The van der Waals surface area contributed by atoms with Crippen LogP contribution >= 0.6 is 0 Å². The third-order valence-electron chi connectivity index (χ3n) is 4.80. The standard InChI is InChI=1S/C20H19N3O3/c1-26-20(25)14-5-4-6-15(11-14)21-19(24)13-8-9-16-17(12-13)23-10-3-2-7-18(23)22-16/h2-7,10-11,13H,8-9,12H2,1H3,(H,21,24). The molecule has 2 heterocycles. The summed E-state index contributed by atoms with van der Waals surface area (Å²) in [6, 6.07) is 12.7. The summed E-state index contributed by atoms with van der Waals surface area (Å²) in [6.45, 7) is 0. The molecule has 26 heavy (non-hydrogen) atoms. The zero-order valence-corrected chi connectivity index (χ0v) is 14.4. The van der Waals surface area contributed by atoms with Gasteiger partial charge in [0.25, 0.3) is 0 Å². The normalized spacial score (nSPS) is 16.1. The first kappa shape index (κ1) is 16.3. The molecule has 1 aromatic carbocycles. The van der Waals surface area contributed by atoms with E-state index >= 15 is 0 Å². The van der Waals surface area contributed by atoms with Crippen molar-refractivity contribution in [3.05, 3.63) is 65.6 Å². The number of carbonyl (C=O) groups excluding carboxylic acids is 2. The van der Waals surface area contributed by atoms with Crippen LogP contribution in [0.25, 0.3) is 5.65 Å². The Morgan fingerprint density at radius 1 is 1.23 bits per heavy atom. The van der Waals surface area contributed by atoms with E-state index in [0.29, 0.717) is 17.7 Å². The first-order chi connectivity index (χ1) is 12.7. The van der Waals surface area contributed by atoms with Gasteiger partial charge >= 0.3 is 5.97 Å². The zero-order valence-electron chi connectivity index (χ0n) is 14.4. The number of aromatic nitrogens is 2. The maximum atomic E-state index is 12.7. The molecule has 1 atom stereocenters. The molecule has 1 aliphatic carbocycles. The number of nitrogens with one attached hydrogen (secondary N) is 1. The Morgan fingerprint density at radius 3 is 2.96 bits per heavy atom. The second-order valence-corrected chi connectivity index (χ2v) is 6.44. The molecule has 0 aliphatic heterocycles. The van der Waals surface area contributed by atoms with Gasteiger partial charge < -0.3 is 14.5 Å². The molecule has 1 unspecified atom stereocenters. The van der Waals surface area contributed by atoms with E-state index in [2.05, 4.69) is 14.7 Å². The van der Waals surface area contributed by atoms with Gasteiger partial charge in [0.2, 0.25) is 5.91 Å². The number of benzene rings is 1. The van der Waals surface area contributed by atoms with Crippen molar-refractivity contribution in [3.8, 4) is 0 Å². The van der Waals surface area contributed by atoms with Crippen LogP contribution in [0.2, 0.25) is 0 Å². The number of imidazole rings is 1. The first-order valence-electron chi connectivity index (χ1n) is 8.60. The predicted octanol–water partition coefficient (Wildman–Crippen LogP) is 2.86. The van der Waals surface area contributed by atoms with Crippen molar-refractivity contribution in [3.63, 3.8) is 0 Å². The highest BCUT2D eigenvalue weighted by Gasteiger charge is 2.28. The largest absolute Gasteiger partial charge is 0.465 e. The van der Waals surface area contributed by atoms with Gasteiger partial charge in [0, 0.05) is 29.9 Å². The highest BCUT2D eigenvalue weighted by atomic mass is 16.5. The average molecular weight is 349 g/mol. The fourth-order valence-electron chi connectivity index (χ4n) is 3.47. The number of ether oxygens (including phenoxy) is 1. The summed E-state index contributed by atoms with van der Waals surface area (Å²) in [4.78, 5) is 29.0. The topological polar surface area (TPSA) is 72.7 Å². The lowest BCUT2D eigenvalue weighted by Crippen LogP contribution is -2.28. The van der Waals surface area contributed by atoms with Gasteiger partial charge in [0.1, 0.15) is 5.65 Å². The molecule has 2 aromatic heterocycles. The number of esters is 1. The summed E-state index contributed by atoms with van der Waals surface area (Å²) < 4.78 is 6.78. The molecule has 6 heteroatoms. The number of amides is 1. The van der Waals surface area contributed by atoms with Crippen LogP contribution in [0.3, 0.4) is 0 Å². The lowest BCUT2D eigenvalue weighted by molar-refractivity contribution is -0.120. The van der Waals surface area contributed by atoms with Gasteiger partial charge in [-0.25, -0.2) is 9.78 Å². The second kappa shape index (κ2) is 6.63. The summed E-state index contributed by atoms with van der Waals surface area (Å²) in [5.41, 5.74) is 4.12. The van der Waals surface area contributed by atoms with Crippen LogP contribution in [-0.2, 0) is 22.4 Å². The maximum Gasteiger partial charge on any atom is 0.337 e. The molecule has 0 saturated carbocycles. The Hall–Kier alpha value is -3.15. The molecule has 3 aromatic rings. The number of carbonyl (C=O) groups is 2. The summed E-state index contributed by atoms with van der Waals surface area (Å²) >= 11 is 0. The molecule has 1 aliphatic rings. The Labute approximate surface area is 150 Å². The van der Waals surface area contributed by atoms with Gasteiger partial charge in [0.05, 0.1) is 18.4 Å². The van der Waals surface area contributed by atoms with E-state index in [9.17, 15) is 9.59 Å². The number of fused-ring (bicyclic) bond motifs is 3. The van der Waals surface area contributed by atoms with Gasteiger partial charge in [-0.15, -0.1) is 0 Å². The fourth-order valence-corrected chi connectivity index (χ4v) is 3.47. The number of nitrogens with zero attached hydrogens (tertiary/aromatic N) is 2. The molecular formula is C20H19N3O3. The number of methoxy groups -OCH3 is 1. The lowest BCUT2D eigenvalue weighted by atomic mass is 9.89. The smallest absolute Gasteiger partial charge is 0.337 e. The van der Waals surface area contributed by atoms with E-state index in [-0.39, 0.29) is 11.8 Å². The average Bonchev–Trinajstić information content (AvgIpc) is 3.05. The number of anilines is 1. The van der Waals surface area contributed by atoms with Crippen molar-refractivity contribution in [2.24, 2.45) is 5.92 Å². The van der Waals surface area contributed by atoms with Crippen molar-refractivity contribution < 1.29 is 14.3 Å². The van der Waals surface area contributed by atoms with Crippen LogP contribution in [0.1, 0.15) is 28.2 Å². The van der Waals surface area contributed by atoms with Crippen LogP contribution in [0.4, 0.5) is 5.69 Å². The zero-order chi connectivity index (χ0) is 18.1. The van der Waals surface area contributed by atoms with Crippen LogP contribution in [0.15, 0.2) is 48.7 Å². The number of pyridine rings is 1. The van der Waals surface area contributed by atoms with E-state index in [4.69, 9.17) is 4.74 Å². The lowest BCUT2D eigenvalue weighted by Gasteiger charge is -2.21. The summed E-state index contributed by atoms with van der Waals surface area (Å²) in [6.07, 6.45) is 4.20. The Kier molecular flexibility index (Phi) is 4.16. The quantitative estimate of drug-likeness (QED) is 0.738. The Balaban J connectivity index is 1.52. The molecule has 1 amide bonds. The summed E-state index contributed by atoms with van der Waals surface area (Å²) in [5.74, 6) is -0.581. The van der Waals surface area contributed by atoms with Crippen LogP contribution in [0.5, 0.6) is 0 Å². The van der Waals surface area contributed by atoms with Crippen LogP contribution in [-0.4, -0.2) is 28.4 Å². The molecule has 132 valence electrons. The van der Waals surface area contributed by atoms with Gasteiger partial charge in [-0.2, -0.15) is 0 Å². The van der Waals surface area contributed by atoms with Crippen molar-refractivity contribution >= 4 is 23.2 Å². The third-order valence-corrected chi connectivity index (χ3v) is 4.80. The minimum Gasteiger partial charge on any atom is -0.465 e.